The maximum Gasteiger partial charge on any atom is 0.306 e. The Balaban J connectivity index is 1.83. The second kappa shape index (κ2) is 6.13. The SMILES string of the molecule is Cc1cc(N2CCC(C(=O)O)CC2)nc(-c2ccccc2)n1. The Kier molecular flexibility index (Phi) is 4.04. The summed E-state index contributed by atoms with van der Waals surface area (Å²) in [5.41, 5.74) is 1.91. The van der Waals surface area contributed by atoms with Crippen LogP contribution < -0.4 is 4.90 Å². The van der Waals surface area contributed by atoms with Crippen molar-refractivity contribution >= 4 is 11.8 Å². The van der Waals surface area contributed by atoms with Crippen molar-refractivity contribution in [3.8, 4) is 11.4 Å². The van der Waals surface area contributed by atoms with Gasteiger partial charge in [-0.1, -0.05) is 30.3 Å². The molecular weight excluding hydrogens is 278 g/mol. The normalized spacial score (nSPS) is 15.8. The monoisotopic (exact) mass is 297 g/mol. The van der Waals surface area contributed by atoms with E-state index in [1.807, 2.05) is 43.3 Å². The maximum atomic E-state index is 11.0. The van der Waals surface area contributed by atoms with E-state index in [9.17, 15) is 4.79 Å². The third-order valence-corrected chi connectivity index (χ3v) is 4.04. The largest absolute Gasteiger partial charge is 0.481 e. The van der Waals surface area contributed by atoms with E-state index in [1.165, 1.54) is 0 Å². The number of carboxylic acid groups (broad SMARTS) is 1. The zero-order valence-electron chi connectivity index (χ0n) is 12.6. The Labute approximate surface area is 129 Å². The third-order valence-electron chi connectivity index (χ3n) is 4.04. The van der Waals surface area contributed by atoms with Crippen molar-refractivity contribution in [2.75, 3.05) is 18.0 Å². The number of aryl methyl sites for hydroxylation is 1. The average molecular weight is 297 g/mol. The fraction of sp³-hybridized carbons (Fsp3) is 0.353. The fourth-order valence-electron chi connectivity index (χ4n) is 2.79. The maximum absolute atomic E-state index is 11.0. The van der Waals surface area contributed by atoms with E-state index in [0.717, 1.165) is 36.0 Å². The summed E-state index contributed by atoms with van der Waals surface area (Å²) in [6.07, 6.45) is 1.33. The summed E-state index contributed by atoms with van der Waals surface area (Å²) >= 11 is 0. The first-order valence-electron chi connectivity index (χ1n) is 7.52. The lowest BCUT2D eigenvalue weighted by Gasteiger charge is -2.31. The van der Waals surface area contributed by atoms with Crippen molar-refractivity contribution in [1.82, 2.24) is 9.97 Å². The van der Waals surface area contributed by atoms with Crippen LogP contribution in [-0.4, -0.2) is 34.1 Å². The minimum atomic E-state index is -0.691. The number of carboxylic acids is 1. The van der Waals surface area contributed by atoms with Crippen LogP contribution in [0.2, 0.25) is 0 Å². The van der Waals surface area contributed by atoms with Gasteiger partial charge in [0.15, 0.2) is 5.82 Å². The molecule has 1 aliphatic rings. The number of hydrogen-bond donors (Lipinski definition) is 1. The quantitative estimate of drug-likeness (QED) is 0.943. The summed E-state index contributed by atoms with van der Waals surface area (Å²) in [5, 5.41) is 9.09. The second-order valence-electron chi connectivity index (χ2n) is 5.66. The van der Waals surface area contributed by atoms with Crippen molar-refractivity contribution in [3.63, 3.8) is 0 Å². The van der Waals surface area contributed by atoms with Crippen LogP contribution >= 0.6 is 0 Å². The smallest absolute Gasteiger partial charge is 0.306 e. The number of piperidine rings is 1. The van der Waals surface area contributed by atoms with E-state index in [0.29, 0.717) is 12.8 Å². The van der Waals surface area contributed by atoms with Crippen LogP contribution in [0.3, 0.4) is 0 Å². The van der Waals surface area contributed by atoms with Crippen molar-refractivity contribution in [2.24, 2.45) is 5.92 Å². The van der Waals surface area contributed by atoms with E-state index < -0.39 is 5.97 Å². The van der Waals surface area contributed by atoms with E-state index >= 15 is 0 Å². The Morgan fingerprint density at radius 1 is 1.18 bits per heavy atom. The number of anilines is 1. The summed E-state index contributed by atoms with van der Waals surface area (Å²) in [5.74, 6) is 0.683. The predicted octanol–water partition coefficient (Wildman–Crippen LogP) is 2.75. The number of aromatic nitrogens is 2. The van der Waals surface area contributed by atoms with E-state index in [4.69, 9.17) is 5.11 Å². The van der Waals surface area contributed by atoms with E-state index in [1.54, 1.807) is 0 Å². The summed E-state index contributed by atoms with van der Waals surface area (Å²) < 4.78 is 0. The van der Waals surface area contributed by atoms with Crippen molar-refractivity contribution in [3.05, 3.63) is 42.1 Å². The summed E-state index contributed by atoms with van der Waals surface area (Å²) in [4.78, 5) is 22.4. The van der Waals surface area contributed by atoms with Gasteiger partial charge in [-0.05, 0) is 19.8 Å². The molecule has 0 radical (unpaired) electrons. The third kappa shape index (κ3) is 3.08. The molecule has 0 unspecified atom stereocenters. The molecule has 1 saturated heterocycles. The zero-order valence-corrected chi connectivity index (χ0v) is 12.6. The summed E-state index contributed by atoms with van der Waals surface area (Å²) in [6.45, 7) is 3.41. The molecule has 0 saturated carbocycles. The summed E-state index contributed by atoms with van der Waals surface area (Å²) in [7, 11) is 0. The van der Waals surface area contributed by atoms with Crippen molar-refractivity contribution in [1.29, 1.82) is 0 Å². The van der Waals surface area contributed by atoms with Crippen LogP contribution in [0.1, 0.15) is 18.5 Å². The van der Waals surface area contributed by atoms with Crippen molar-refractivity contribution < 1.29 is 9.90 Å². The highest BCUT2D eigenvalue weighted by Gasteiger charge is 2.25. The Hall–Kier alpha value is -2.43. The van der Waals surface area contributed by atoms with Gasteiger partial charge in [0.1, 0.15) is 5.82 Å². The van der Waals surface area contributed by atoms with Gasteiger partial charge in [0, 0.05) is 30.4 Å². The molecule has 0 spiro atoms. The molecule has 1 aromatic carbocycles. The lowest BCUT2D eigenvalue weighted by Crippen LogP contribution is -2.36. The molecule has 1 fully saturated rings. The first-order valence-corrected chi connectivity index (χ1v) is 7.52. The first kappa shape index (κ1) is 14.5. The Morgan fingerprint density at radius 2 is 1.86 bits per heavy atom. The minimum Gasteiger partial charge on any atom is -0.481 e. The molecule has 0 atom stereocenters. The van der Waals surface area contributed by atoms with Gasteiger partial charge in [0.25, 0.3) is 0 Å². The number of rotatable bonds is 3. The van der Waals surface area contributed by atoms with Crippen LogP contribution in [0, 0.1) is 12.8 Å². The minimum absolute atomic E-state index is 0.229. The fourth-order valence-corrected chi connectivity index (χ4v) is 2.79. The number of aliphatic carboxylic acids is 1. The molecule has 1 aromatic heterocycles. The molecule has 1 N–H and O–H groups in total. The molecule has 1 aliphatic heterocycles. The molecule has 0 amide bonds. The number of nitrogens with zero attached hydrogens (tertiary/aromatic N) is 3. The van der Waals surface area contributed by atoms with Gasteiger partial charge in [-0.2, -0.15) is 0 Å². The van der Waals surface area contributed by atoms with Crippen LogP contribution in [0.4, 0.5) is 5.82 Å². The predicted molar refractivity (Wildman–Crippen MR) is 84.8 cm³/mol. The molecule has 5 nitrogen and oxygen atoms in total. The van der Waals surface area contributed by atoms with Crippen molar-refractivity contribution in [2.45, 2.75) is 19.8 Å². The molecule has 5 heteroatoms. The van der Waals surface area contributed by atoms with Gasteiger partial charge in [-0.25, -0.2) is 9.97 Å². The lowest BCUT2D eigenvalue weighted by atomic mass is 9.97. The van der Waals surface area contributed by atoms with E-state index in [2.05, 4.69) is 14.9 Å². The zero-order chi connectivity index (χ0) is 15.5. The molecule has 22 heavy (non-hydrogen) atoms. The average Bonchev–Trinajstić information content (AvgIpc) is 2.55. The second-order valence-corrected chi connectivity index (χ2v) is 5.66. The molecule has 0 aliphatic carbocycles. The molecular formula is C17H19N3O2. The van der Waals surface area contributed by atoms with Gasteiger partial charge < -0.3 is 10.0 Å². The van der Waals surface area contributed by atoms with Gasteiger partial charge in [0.05, 0.1) is 5.92 Å². The molecule has 2 aromatic rings. The van der Waals surface area contributed by atoms with Gasteiger partial charge in [-0.3, -0.25) is 4.79 Å². The molecule has 2 heterocycles. The lowest BCUT2D eigenvalue weighted by molar-refractivity contribution is -0.142. The highest BCUT2D eigenvalue weighted by atomic mass is 16.4. The topological polar surface area (TPSA) is 66.3 Å². The van der Waals surface area contributed by atoms with Gasteiger partial charge in [0.2, 0.25) is 0 Å². The highest BCUT2D eigenvalue weighted by Crippen LogP contribution is 2.24. The van der Waals surface area contributed by atoms with Crippen LogP contribution in [-0.2, 0) is 4.79 Å². The molecule has 3 rings (SSSR count). The standard InChI is InChI=1S/C17H19N3O2/c1-12-11-15(20-9-7-14(8-10-20)17(21)22)19-16(18-12)13-5-3-2-4-6-13/h2-6,11,14H,7-10H2,1H3,(H,21,22). The van der Waals surface area contributed by atoms with Crippen LogP contribution in [0.5, 0.6) is 0 Å². The first-order chi connectivity index (χ1) is 10.6. The van der Waals surface area contributed by atoms with Crippen LogP contribution in [0.15, 0.2) is 36.4 Å². The molecule has 114 valence electrons. The van der Waals surface area contributed by atoms with Gasteiger partial charge >= 0.3 is 5.97 Å². The number of carbonyl (C=O) groups is 1. The number of hydrogen-bond acceptors (Lipinski definition) is 4. The van der Waals surface area contributed by atoms with Gasteiger partial charge in [-0.15, -0.1) is 0 Å². The Bertz CT molecular complexity index is 665. The Morgan fingerprint density at radius 3 is 2.50 bits per heavy atom. The molecule has 0 bridgehead atoms. The summed E-state index contributed by atoms with van der Waals surface area (Å²) in [6, 6.07) is 11.9. The van der Waals surface area contributed by atoms with Crippen LogP contribution in [0.25, 0.3) is 11.4 Å². The van der Waals surface area contributed by atoms with E-state index in [-0.39, 0.29) is 5.92 Å². The number of benzene rings is 1. The highest BCUT2D eigenvalue weighted by molar-refractivity contribution is 5.70.